The molecule has 0 unspecified atom stereocenters. The van der Waals surface area contributed by atoms with Gasteiger partial charge in [0.2, 0.25) is 5.91 Å². The normalized spacial score (nSPS) is 17.2. The van der Waals surface area contributed by atoms with Crippen LogP contribution in [-0.2, 0) is 9.59 Å². The second-order valence-electron chi connectivity index (χ2n) is 5.91. The lowest BCUT2D eigenvalue weighted by Gasteiger charge is -2.25. The van der Waals surface area contributed by atoms with Crippen LogP contribution in [0.15, 0.2) is 54.6 Å². The SMILES string of the molecule is C[C@@H](CNC(=O)C[C@H]1Oc2ccccc2NC1=O)c1ccccc1. The maximum absolute atomic E-state index is 12.1. The third-order valence-corrected chi connectivity index (χ3v) is 4.05. The molecule has 5 nitrogen and oxygen atoms in total. The van der Waals surface area contributed by atoms with Crippen molar-refractivity contribution in [2.24, 2.45) is 0 Å². The first kappa shape index (κ1) is 16.1. The van der Waals surface area contributed by atoms with Crippen molar-refractivity contribution >= 4 is 17.5 Å². The van der Waals surface area contributed by atoms with Gasteiger partial charge in [0.05, 0.1) is 12.1 Å². The number of amides is 2. The van der Waals surface area contributed by atoms with Gasteiger partial charge in [0.1, 0.15) is 5.75 Å². The number of fused-ring (bicyclic) bond motifs is 1. The summed E-state index contributed by atoms with van der Waals surface area (Å²) in [6.07, 6.45) is -0.797. The largest absolute Gasteiger partial charge is 0.478 e. The molecule has 2 N–H and O–H groups in total. The molecule has 3 rings (SSSR count). The lowest BCUT2D eigenvalue weighted by molar-refractivity contribution is -0.130. The van der Waals surface area contributed by atoms with Gasteiger partial charge in [-0.15, -0.1) is 0 Å². The number of nitrogens with one attached hydrogen (secondary N) is 2. The molecular weight excluding hydrogens is 304 g/mol. The van der Waals surface area contributed by atoms with Crippen LogP contribution in [0.2, 0.25) is 0 Å². The van der Waals surface area contributed by atoms with Crippen LogP contribution in [0.3, 0.4) is 0 Å². The number of ether oxygens (including phenoxy) is 1. The molecule has 0 saturated carbocycles. The molecule has 0 fully saturated rings. The van der Waals surface area contributed by atoms with E-state index in [0.29, 0.717) is 18.0 Å². The number of rotatable bonds is 5. The van der Waals surface area contributed by atoms with Crippen molar-refractivity contribution in [2.75, 3.05) is 11.9 Å². The Bertz CT molecular complexity index is 730. The van der Waals surface area contributed by atoms with Gasteiger partial charge in [-0.05, 0) is 23.6 Å². The first-order valence-electron chi connectivity index (χ1n) is 8.01. The van der Waals surface area contributed by atoms with Crippen molar-refractivity contribution in [1.29, 1.82) is 0 Å². The highest BCUT2D eigenvalue weighted by Gasteiger charge is 2.29. The molecule has 2 aromatic rings. The highest BCUT2D eigenvalue weighted by Crippen LogP contribution is 2.29. The predicted octanol–water partition coefficient (Wildman–Crippen LogP) is 2.70. The van der Waals surface area contributed by atoms with Crippen LogP contribution in [0.25, 0.3) is 0 Å². The monoisotopic (exact) mass is 324 g/mol. The number of anilines is 1. The fourth-order valence-corrected chi connectivity index (χ4v) is 2.63. The number of para-hydroxylation sites is 2. The van der Waals surface area contributed by atoms with E-state index in [1.807, 2.05) is 42.5 Å². The summed E-state index contributed by atoms with van der Waals surface area (Å²) in [5.41, 5.74) is 1.80. The summed E-state index contributed by atoms with van der Waals surface area (Å²) < 4.78 is 5.63. The van der Waals surface area contributed by atoms with E-state index < -0.39 is 6.10 Å². The van der Waals surface area contributed by atoms with Crippen molar-refractivity contribution in [1.82, 2.24) is 5.32 Å². The number of hydrogen-bond donors (Lipinski definition) is 2. The fraction of sp³-hybridized carbons (Fsp3) is 0.263. The fourth-order valence-electron chi connectivity index (χ4n) is 2.63. The molecule has 2 aromatic carbocycles. The number of benzene rings is 2. The van der Waals surface area contributed by atoms with Crippen LogP contribution in [0.4, 0.5) is 5.69 Å². The van der Waals surface area contributed by atoms with Crippen molar-refractivity contribution in [3.63, 3.8) is 0 Å². The Morgan fingerprint density at radius 1 is 1.17 bits per heavy atom. The van der Waals surface area contributed by atoms with Crippen LogP contribution < -0.4 is 15.4 Å². The highest BCUT2D eigenvalue weighted by molar-refractivity contribution is 5.99. The molecule has 0 aliphatic carbocycles. The zero-order valence-electron chi connectivity index (χ0n) is 13.5. The smallest absolute Gasteiger partial charge is 0.266 e. The number of hydrogen-bond acceptors (Lipinski definition) is 3. The number of carbonyl (C=O) groups is 2. The Hall–Kier alpha value is -2.82. The molecule has 0 bridgehead atoms. The third-order valence-electron chi connectivity index (χ3n) is 4.05. The van der Waals surface area contributed by atoms with E-state index in [1.165, 1.54) is 5.56 Å². The first-order chi connectivity index (χ1) is 11.6. The van der Waals surface area contributed by atoms with E-state index in [2.05, 4.69) is 17.6 Å². The molecule has 124 valence electrons. The molecule has 0 spiro atoms. The summed E-state index contributed by atoms with van der Waals surface area (Å²) in [5, 5.41) is 5.64. The van der Waals surface area contributed by atoms with Crippen molar-refractivity contribution in [3.05, 3.63) is 60.2 Å². The first-order valence-corrected chi connectivity index (χ1v) is 8.01. The minimum atomic E-state index is -0.799. The van der Waals surface area contributed by atoms with Crippen LogP contribution in [0, 0.1) is 0 Å². The van der Waals surface area contributed by atoms with E-state index in [1.54, 1.807) is 12.1 Å². The molecule has 1 heterocycles. The van der Waals surface area contributed by atoms with Crippen molar-refractivity contribution in [2.45, 2.75) is 25.4 Å². The molecule has 5 heteroatoms. The van der Waals surface area contributed by atoms with Gasteiger partial charge in [-0.3, -0.25) is 9.59 Å². The zero-order valence-corrected chi connectivity index (χ0v) is 13.5. The Balaban J connectivity index is 1.53. The van der Waals surface area contributed by atoms with E-state index in [9.17, 15) is 9.59 Å². The Morgan fingerprint density at radius 3 is 2.67 bits per heavy atom. The molecule has 1 aliphatic rings. The van der Waals surface area contributed by atoms with Crippen LogP contribution in [-0.4, -0.2) is 24.5 Å². The summed E-state index contributed by atoms with van der Waals surface area (Å²) in [6, 6.07) is 17.2. The Kier molecular flexibility index (Phi) is 4.79. The Morgan fingerprint density at radius 2 is 1.88 bits per heavy atom. The third kappa shape index (κ3) is 3.74. The van der Waals surface area contributed by atoms with Crippen LogP contribution in [0.1, 0.15) is 24.8 Å². The lowest BCUT2D eigenvalue weighted by Crippen LogP contribution is -2.41. The quantitative estimate of drug-likeness (QED) is 0.888. The molecule has 0 saturated heterocycles. The maximum Gasteiger partial charge on any atom is 0.266 e. The molecule has 2 amide bonds. The molecule has 24 heavy (non-hydrogen) atoms. The average molecular weight is 324 g/mol. The molecule has 1 aliphatic heterocycles. The van der Waals surface area contributed by atoms with Gasteiger partial charge >= 0.3 is 0 Å². The maximum atomic E-state index is 12.1. The van der Waals surface area contributed by atoms with Gasteiger partial charge in [-0.1, -0.05) is 49.4 Å². The van der Waals surface area contributed by atoms with E-state index >= 15 is 0 Å². The predicted molar refractivity (Wildman–Crippen MR) is 92.0 cm³/mol. The van der Waals surface area contributed by atoms with E-state index in [4.69, 9.17) is 4.74 Å². The van der Waals surface area contributed by atoms with Gasteiger partial charge in [0, 0.05) is 6.54 Å². The summed E-state index contributed by atoms with van der Waals surface area (Å²) >= 11 is 0. The standard InChI is InChI=1S/C19H20N2O3/c1-13(14-7-3-2-4-8-14)12-20-18(22)11-17-19(23)21-15-9-5-6-10-16(15)24-17/h2-10,13,17H,11-12H2,1H3,(H,20,22)(H,21,23)/t13-,17+/m0/s1. The second kappa shape index (κ2) is 7.17. The van der Waals surface area contributed by atoms with Gasteiger partial charge in [0.25, 0.3) is 5.91 Å². The topological polar surface area (TPSA) is 67.4 Å². The Labute approximate surface area is 141 Å². The zero-order chi connectivity index (χ0) is 16.9. The van der Waals surface area contributed by atoms with Crippen LogP contribution in [0.5, 0.6) is 5.75 Å². The molecular formula is C19H20N2O3. The molecule has 2 atom stereocenters. The van der Waals surface area contributed by atoms with Gasteiger partial charge in [-0.2, -0.15) is 0 Å². The van der Waals surface area contributed by atoms with Crippen molar-refractivity contribution in [3.8, 4) is 5.75 Å². The summed E-state index contributed by atoms with van der Waals surface area (Å²) in [7, 11) is 0. The summed E-state index contributed by atoms with van der Waals surface area (Å²) in [5.74, 6) is 0.307. The average Bonchev–Trinajstić information content (AvgIpc) is 2.61. The lowest BCUT2D eigenvalue weighted by atomic mass is 10.0. The van der Waals surface area contributed by atoms with Gasteiger partial charge in [-0.25, -0.2) is 0 Å². The molecule has 0 radical (unpaired) electrons. The minimum absolute atomic E-state index is 0.00166. The number of carbonyl (C=O) groups excluding carboxylic acids is 2. The van der Waals surface area contributed by atoms with Crippen LogP contribution >= 0.6 is 0 Å². The molecule has 0 aromatic heterocycles. The second-order valence-corrected chi connectivity index (χ2v) is 5.91. The minimum Gasteiger partial charge on any atom is -0.478 e. The summed E-state index contributed by atoms with van der Waals surface area (Å²) in [4.78, 5) is 24.2. The van der Waals surface area contributed by atoms with Gasteiger partial charge < -0.3 is 15.4 Å². The van der Waals surface area contributed by atoms with Gasteiger partial charge in [0.15, 0.2) is 6.10 Å². The van der Waals surface area contributed by atoms with E-state index in [0.717, 1.165) is 0 Å². The highest BCUT2D eigenvalue weighted by atomic mass is 16.5. The van der Waals surface area contributed by atoms with Crippen molar-refractivity contribution < 1.29 is 14.3 Å². The summed E-state index contributed by atoms with van der Waals surface area (Å²) in [6.45, 7) is 2.57. The van der Waals surface area contributed by atoms with E-state index in [-0.39, 0.29) is 24.2 Å².